The van der Waals surface area contributed by atoms with E-state index in [-0.39, 0.29) is 18.1 Å². The molecule has 3 aromatic rings. The molecule has 0 saturated carbocycles. The zero-order valence-corrected chi connectivity index (χ0v) is 15.5. The van der Waals surface area contributed by atoms with Gasteiger partial charge in [-0.05, 0) is 17.7 Å². The van der Waals surface area contributed by atoms with E-state index in [9.17, 15) is 23.5 Å². The molecule has 3 rings (SSSR count). The maximum absolute atomic E-state index is 13.7. The highest BCUT2D eigenvalue weighted by Gasteiger charge is 2.17. The van der Waals surface area contributed by atoms with Crippen molar-refractivity contribution in [2.45, 2.75) is 6.61 Å². The van der Waals surface area contributed by atoms with Crippen LogP contribution in [0.2, 0.25) is 0 Å². The molecule has 7 nitrogen and oxygen atoms in total. The normalized spacial score (nSPS) is 10.3. The van der Waals surface area contributed by atoms with Crippen molar-refractivity contribution in [2.24, 2.45) is 0 Å². The van der Waals surface area contributed by atoms with E-state index < -0.39 is 41.6 Å². The first-order valence-corrected chi connectivity index (χ1v) is 8.72. The standard InChI is InChI=1S/C21H16F2N2O5/c22-15-7-4-8-17(19(15)23)30-14-9-16(26)20(24-10-14)21(28)25-11-18(27)29-12-13-5-2-1-3-6-13/h1-10,26H,11-12H2,(H,25,28). The Morgan fingerprint density at radius 2 is 1.83 bits per heavy atom. The Balaban J connectivity index is 1.56. The van der Waals surface area contributed by atoms with Crippen molar-refractivity contribution in [1.82, 2.24) is 10.3 Å². The highest BCUT2D eigenvalue weighted by molar-refractivity contribution is 5.96. The molecular formula is C21H16F2N2O5. The summed E-state index contributed by atoms with van der Waals surface area (Å²) in [5, 5.41) is 12.3. The lowest BCUT2D eigenvalue weighted by molar-refractivity contribution is -0.143. The van der Waals surface area contributed by atoms with Gasteiger partial charge in [0, 0.05) is 6.07 Å². The van der Waals surface area contributed by atoms with Gasteiger partial charge < -0.3 is 19.9 Å². The van der Waals surface area contributed by atoms with Crippen LogP contribution in [0.25, 0.3) is 0 Å². The molecule has 0 unspecified atom stereocenters. The number of carbonyl (C=O) groups excluding carboxylic acids is 2. The van der Waals surface area contributed by atoms with Crippen LogP contribution in [-0.4, -0.2) is 28.5 Å². The number of halogens is 2. The summed E-state index contributed by atoms with van der Waals surface area (Å²) < 4.78 is 37.0. The van der Waals surface area contributed by atoms with E-state index in [0.717, 1.165) is 23.9 Å². The molecule has 30 heavy (non-hydrogen) atoms. The lowest BCUT2D eigenvalue weighted by Crippen LogP contribution is -2.31. The Kier molecular flexibility index (Phi) is 6.53. The maximum Gasteiger partial charge on any atom is 0.325 e. The summed E-state index contributed by atoms with van der Waals surface area (Å²) in [5.74, 6) is -4.89. The summed E-state index contributed by atoms with van der Waals surface area (Å²) in [4.78, 5) is 27.6. The number of rotatable bonds is 7. The number of nitrogens with zero attached hydrogens (tertiary/aromatic N) is 1. The number of pyridine rings is 1. The minimum absolute atomic E-state index is 0.0573. The third kappa shape index (κ3) is 5.28. The fraction of sp³-hybridized carbons (Fsp3) is 0.0952. The molecule has 0 atom stereocenters. The molecule has 2 aromatic carbocycles. The molecule has 1 heterocycles. The number of aromatic hydroxyl groups is 1. The van der Waals surface area contributed by atoms with Gasteiger partial charge in [0.25, 0.3) is 5.91 Å². The van der Waals surface area contributed by atoms with E-state index in [1.807, 2.05) is 6.07 Å². The predicted molar refractivity (Wildman–Crippen MR) is 101 cm³/mol. The zero-order valence-electron chi connectivity index (χ0n) is 15.5. The van der Waals surface area contributed by atoms with E-state index in [1.54, 1.807) is 24.3 Å². The van der Waals surface area contributed by atoms with Crippen molar-refractivity contribution in [3.05, 3.63) is 83.7 Å². The fourth-order valence-corrected chi connectivity index (χ4v) is 2.38. The number of amides is 1. The molecule has 0 bridgehead atoms. The van der Waals surface area contributed by atoms with Gasteiger partial charge in [0.15, 0.2) is 23.0 Å². The molecule has 0 spiro atoms. The van der Waals surface area contributed by atoms with Crippen molar-refractivity contribution in [3.63, 3.8) is 0 Å². The second kappa shape index (κ2) is 9.46. The number of esters is 1. The van der Waals surface area contributed by atoms with Gasteiger partial charge in [-0.25, -0.2) is 9.37 Å². The average Bonchev–Trinajstić information content (AvgIpc) is 2.74. The van der Waals surface area contributed by atoms with Crippen LogP contribution >= 0.6 is 0 Å². The van der Waals surface area contributed by atoms with E-state index in [1.165, 1.54) is 12.1 Å². The molecule has 0 saturated heterocycles. The summed E-state index contributed by atoms with van der Waals surface area (Å²) in [7, 11) is 0. The van der Waals surface area contributed by atoms with E-state index in [2.05, 4.69) is 10.3 Å². The van der Waals surface area contributed by atoms with Gasteiger partial charge in [-0.2, -0.15) is 4.39 Å². The molecule has 1 amide bonds. The molecule has 154 valence electrons. The van der Waals surface area contributed by atoms with Crippen LogP contribution in [0.15, 0.2) is 60.8 Å². The van der Waals surface area contributed by atoms with Crippen molar-refractivity contribution in [1.29, 1.82) is 0 Å². The number of carbonyl (C=O) groups is 2. The molecule has 0 aliphatic heterocycles. The number of aromatic nitrogens is 1. The van der Waals surface area contributed by atoms with Gasteiger partial charge in [-0.1, -0.05) is 36.4 Å². The van der Waals surface area contributed by atoms with Gasteiger partial charge in [0.1, 0.15) is 18.9 Å². The quantitative estimate of drug-likeness (QED) is 0.576. The Hall–Kier alpha value is -4.01. The number of nitrogens with one attached hydrogen (secondary N) is 1. The molecule has 0 fully saturated rings. The van der Waals surface area contributed by atoms with Crippen LogP contribution in [0.4, 0.5) is 8.78 Å². The third-order valence-corrected chi connectivity index (χ3v) is 3.84. The second-order valence-corrected chi connectivity index (χ2v) is 6.02. The Morgan fingerprint density at radius 3 is 2.57 bits per heavy atom. The van der Waals surface area contributed by atoms with Crippen LogP contribution in [0.1, 0.15) is 16.1 Å². The molecule has 9 heteroatoms. The first-order chi connectivity index (χ1) is 14.4. The van der Waals surface area contributed by atoms with Gasteiger partial charge >= 0.3 is 5.97 Å². The van der Waals surface area contributed by atoms with Gasteiger partial charge in [0.05, 0.1) is 6.20 Å². The summed E-state index contributed by atoms with van der Waals surface area (Å²) in [6, 6.07) is 13.4. The third-order valence-electron chi connectivity index (χ3n) is 3.84. The molecule has 1 aromatic heterocycles. The highest BCUT2D eigenvalue weighted by Crippen LogP contribution is 2.28. The van der Waals surface area contributed by atoms with Crippen LogP contribution in [0.3, 0.4) is 0 Å². The Labute approximate surface area is 169 Å². The van der Waals surface area contributed by atoms with Gasteiger partial charge in [-0.3, -0.25) is 9.59 Å². The predicted octanol–water partition coefficient (Wildman–Crippen LogP) is 3.33. The molecular weight excluding hydrogens is 398 g/mol. The fourth-order valence-electron chi connectivity index (χ4n) is 2.38. The SMILES string of the molecule is O=C(CNC(=O)c1ncc(Oc2cccc(F)c2F)cc1O)OCc1ccccc1. The first-order valence-electron chi connectivity index (χ1n) is 8.72. The second-order valence-electron chi connectivity index (χ2n) is 6.02. The summed E-state index contributed by atoms with van der Waals surface area (Å²) >= 11 is 0. The Bertz CT molecular complexity index is 1060. The summed E-state index contributed by atoms with van der Waals surface area (Å²) in [5.41, 5.74) is 0.416. The Morgan fingerprint density at radius 1 is 1.07 bits per heavy atom. The minimum Gasteiger partial charge on any atom is -0.505 e. The van der Waals surface area contributed by atoms with Gasteiger partial charge in [0.2, 0.25) is 5.82 Å². The smallest absolute Gasteiger partial charge is 0.325 e. The summed E-state index contributed by atoms with van der Waals surface area (Å²) in [6.45, 7) is -0.374. The summed E-state index contributed by atoms with van der Waals surface area (Å²) in [6.07, 6.45) is 1.05. The number of hydrogen-bond donors (Lipinski definition) is 2. The number of hydrogen-bond acceptors (Lipinski definition) is 6. The minimum atomic E-state index is -1.20. The first kappa shape index (κ1) is 20.7. The number of benzene rings is 2. The van der Waals surface area contributed by atoms with E-state index >= 15 is 0 Å². The zero-order chi connectivity index (χ0) is 21.5. The monoisotopic (exact) mass is 414 g/mol. The molecule has 0 aliphatic rings. The maximum atomic E-state index is 13.7. The van der Waals surface area contributed by atoms with E-state index in [4.69, 9.17) is 9.47 Å². The highest BCUT2D eigenvalue weighted by atomic mass is 19.2. The van der Waals surface area contributed by atoms with Crippen molar-refractivity contribution >= 4 is 11.9 Å². The van der Waals surface area contributed by atoms with Crippen molar-refractivity contribution in [2.75, 3.05) is 6.54 Å². The lowest BCUT2D eigenvalue weighted by atomic mass is 10.2. The van der Waals surface area contributed by atoms with Crippen LogP contribution in [0.5, 0.6) is 17.2 Å². The molecule has 2 N–H and O–H groups in total. The van der Waals surface area contributed by atoms with Crippen molar-refractivity contribution in [3.8, 4) is 17.2 Å². The van der Waals surface area contributed by atoms with Crippen LogP contribution in [-0.2, 0) is 16.1 Å². The topological polar surface area (TPSA) is 97.8 Å². The number of ether oxygens (including phenoxy) is 2. The lowest BCUT2D eigenvalue weighted by Gasteiger charge is -2.10. The van der Waals surface area contributed by atoms with Crippen LogP contribution < -0.4 is 10.1 Å². The molecule has 0 radical (unpaired) electrons. The largest absolute Gasteiger partial charge is 0.505 e. The average molecular weight is 414 g/mol. The molecule has 0 aliphatic carbocycles. The van der Waals surface area contributed by atoms with Gasteiger partial charge in [-0.15, -0.1) is 0 Å². The van der Waals surface area contributed by atoms with Crippen molar-refractivity contribution < 1.29 is 33.0 Å². The van der Waals surface area contributed by atoms with E-state index in [0.29, 0.717) is 0 Å². The van der Waals surface area contributed by atoms with Crippen LogP contribution in [0, 0.1) is 11.6 Å².